The maximum Gasteiger partial charge on any atom is 0.213 e. The van der Waals surface area contributed by atoms with Crippen LogP contribution in [0.2, 0.25) is 0 Å². The first-order valence-corrected chi connectivity index (χ1v) is 8.56. The maximum atomic E-state index is 5.83. The van der Waals surface area contributed by atoms with Crippen molar-refractivity contribution < 1.29 is 9.47 Å². The number of hydrogen-bond acceptors (Lipinski definition) is 7. The SMILES string of the molecule is Cc1ccn(-c2ccc(NCc3ccnc(OC4CCOC4)c3)nn2)n1. The fraction of sp³-hybridized carbons (Fsp3) is 0.333. The maximum absolute atomic E-state index is 5.83. The highest BCUT2D eigenvalue weighted by atomic mass is 16.5. The van der Waals surface area contributed by atoms with Crippen LogP contribution in [0.4, 0.5) is 5.82 Å². The molecule has 0 radical (unpaired) electrons. The highest BCUT2D eigenvalue weighted by molar-refractivity contribution is 5.37. The second-order valence-electron chi connectivity index (χ2n) is 6.14. The molecule has 1 aliphatic rings. The molecule has 1 fully saturated rings. The van der Waals surface area contributed by atoms with Crippen LogP contribution < -0.4 is 10.1 Å². The monoisotopic (exact) mass is 352 g/mol. The van der Waals surface area contributed by atoms with Crippen molar-refractivity contribution >= 4 is 5.82 Å². The van der Waals surface area contributed by atoms with E-state index in [9.17, 15) is 0 Å². The number of rotatable bonds is 6. The number of nitrogens with one attached hydrogen (secondary N) is 1. The topological polar surface area (TPSA) is 87.0 Å². The summed E-state index contributed by atoms with van der Waals surface area (Å²) in [6.07, 6.45) is 4.61. The first-order chi connectivity index (χ1) is 12.8. The molecular weight excluding hydrogens is 332 g/mol. The molecule has 0 aromatic carbocycles. The van der Waals surface area contributed by atoms with Crippen LogP contribution in [0.5, 0.6) is 5.88 Å². The molecule has 8 heteroatoms. The molecule has 4 heterocycles. The number of hydrogen-bond donors (Lipinski definition) is 1. The lowest BCUT2D eigenvalue weighted by molar-refractivity contribution is 0.138. The summed E-state index contributed by atoms with van der Waals surface area (Å²) in [5.41, 5.74) is 2.00. The molecule has 26 heavy (non-hydrogen) atoms. The second kappa shape index (κ2) is 7.49. The number of aromatic nitrogens is 5. The van der Waals surface area contributed by atoms with Gasteiger partial charge in [0, 0.05) is 31.4 Å². The molecule has 1 atom stereocenters. The first kappa shape index (κ1) is 16.5. The second-order valence-corrected chi connectivity index (χ2v) is 6.14. The van der Waals surface area contributed by atoms with E-state index < -0.39 is 0 Å². The minimum absolute atomic E-state index is 0.0926. The quantitative estimate of drug-likeness (QED) is 0.727. The molecule has 0 aliphatic carbocycles. The predicted molar refractivity (Wildman–Crippen MR) is 95.3 cm³/mol. The van der Waals surface area contributed by atoms with E-state index in [0.717, 1.165) is 24.3 Å². The fourth-order valence-electron chi connectivity index (χ4n) is 2.68. The van der Waals surface area contributed by atoms with Crippen LogP contribution in [0, 0.1) is 6.92 Å². The molecule has 0 saturated carbocycles. The largest absolute Gasteiger partial charge is 0.472 e. The van der Waals surface area contributed by atoms with Crippen LogP contribution in [0.25, 0.3) is 5.82 Å². The van der Waals surface area contributed by atoms with E-state index in [1.807, 2.05) is 43.5 Å². The van der Waals surface area contributed by atoms with Gasteiger partial charge in [-0.1, -0.05) is 0 Å². The van der Waals surface area contributed by atoms with E-state index in [1.165, 1.54) is 0 Å². The van der Waals surface area contributed by atoms with E-state index >= 15 is 0 Å². The third-order valence-corrected chi connectivity index (χ3v) is 4.06. The van der Waals surface area contributed by atoms with E-state index in [0.29, 0.717) is 30.7 Å². The summed E-state index contributed by atoms with van der Waals surface area (Å²) in [6.45, 7) is 3.92. The molecule has 0 spiro atoms. The summed E-state index contributed by atoms with van der Waals surface area (Å²) in [5, 5.41) is 16.0. The summed E-state index contributed by atoms with van der Waals surface area (Å²) in [4.78, 5) is 4.26. The molecule has 1 unspecified atom stereocenters. The molecule has 1 saturated heterocycles. The Morgan fingerprint density at radius 3 is 2.96 bits per heavy atom. The third-order valence-electron chi connectivity index (χ3n) is 4.06. The van der Waals surface area contributed by atoms with Gasteiger partial charge in [0.15, 0.2) is 5.82 Å². The van der Waals surface area contributed by atoms with Gasteiger partial charge in [0.2, 0.25) is 5.88 Å². The lowest BCUT2D eigenvalue weighted by Gasteiger charge is -2.12. The van der Waals surface area contributed by atoms with E-state index in [1.54, 1.807) is 10.9 Å². The Balaban J connectivity index is 1.36. The van der Waals surface area contributed by atoms with Crippen LogP contribution in [0.15, 0.2) is 42.7 Å². The van der Waals surface area contributed by atoms with Crippen LogP contribution in [0.3, 0.4) is 0 Å². The van der Waals surface area contributed by atoms with Crippen molar-refractivity contribution in [3.05, 3.63) is 54.0 Å². The van der Waals surface area contributed by atoms with Crippen LogP contribution in [-0.2, 0) is 11.3 Å². The lowest BCUT2D eigenvalue weighted by Crippen LogP contribution is -2.16. The third kappa shape index (κ3) is 3.97. The Morgan fingerprint density at radius 2 is 2.23 bits per heavy atom. The highest BCUT2D eigenvalue weighted by Gasteiger charge is 2.17. The minimum atomic E-state index is 0.0926. The van der Waals surface area contributed by atoms with Crippen molar-refractivity contribution in [2.45, 2.75) is 26.0 Å². The van der Waals surface area contributed by atoms with Gasteiger partial charge in [0.25, 0.3) is 0 Å². The molecule has 1 aliphatic heterocycles. The number of ether oxygens (including phenoxy) is 2. The standard InChI is InChI=1S/C18H20N6O2/c1-13-5-8-24(23-13)17-3-2-16(21-22-17)20-11-14-4-7-19-18(10-14)26-15-6-9-25-12-15/h2-5,7-8,10,15H,6,9,11-12H2,1H3,(H,20,21). The number of nitrogens with zero attached hydrogens (tertiary/aromatic N) is 5. The van der Waals surface area contributed by atoms with Gasteiger partial charge in [0.05, 0.1) is 18.9 Å². The molecule has 0 bridgehead atoms. The molecule has 0 amide bonds. The van der Waals surface area contributed by atoms with Gasteiger partial charge in [-0.25, -0.2) is 9.67 Å². The van der Waals surface area contributed by atoms with Crippen LogP contribution in [-0.4, -0.2) is 44.3 Å². The number of aryl methyl sites for hydroxylation is 1. The zero-order valence-corrected chi connectivity index (χ0v) is 14.5. The number of anilines is 1. The Hall–Kier alpha value is -3.00. The van der Waals surface area contributed by atoms with Crippen LogP contribution in [0.1, 0.15) is 17.7 Å². The van der Waals surface area contributed by atoms with E-state index in [2.05, 4.69) is 25.6 Å². The summed E-state index contributed by atoms with van der Waals surface area (Å²) in [6, 6.07) is 9.56. The average molecular weight is 352 g/mol. The fourth-order valence-corrected chi connectivity index (χ4v) is 2.68. The Bertz CT molecular complexity index is 858. The Labute approximate surface area is 151 Å². The summed E-state index contributed by atoms with van der Waals surface area (Å²) >= 11 is 0. The van der Waals surface area contributed by atoms with Gasteiger partial charge in [-0.2, -0.15) is 5.10 Å². The van der Waals surface area contributed by atoms with Crippen molar-refractivity contribution in [3.8, 4) is 11.7 Å². The summed E-state index contributed by atoms with van der Waals surface area (Å²) in [7, 11) is 0. The van der Waals surface area contributed by atoms with Gasteiger partial charge in [0.1, 0.15) is 11.9 Å². The summed E-state index contributed by atoms with van der Waals surface area (Å²) < 4.78 is 12.9. The van der Waals surface area contributed by atoms with Crippen LogP contribution >= 0.6 is 0 Å². The summed E-state index contributed by atoms with van der Waals surface area (Å²) in [5.74, 6) is 2.00. The van der Waals surface area contributed by atoms with E-state index in [-0.39, 0.29) is 6.10 Å². The Morgan fingerprint density at radius 1 is 1.27 bits per heavy atom. The van der Waals surface area contributed by atoms with Crippen molar-refractivity contribution in [2.75, 3.05) is 18.5 Å². The Kier molecular flexibility index (Phi) is 4.74. The van der Waals surface area contributed by atoms with E-state index in [4.69, 9.17) is 9.47 Å². The van der Waals surface area contributed by atoms with Crippen molar-refractivity contribution in [1.29, 1.82) is 0 Å². The van der Waals surface area contributed by atoms with Gasteiger partial charge in [-0.15, -0.1) is 10.2 Å². The smallest absolute Gasteiger partial charge is 0.213 e. The van der Waals surface area contributed by atoms with Gasteiger partial charge in [-0.05, 0) is 36.8 Å². The number of pyridine rings is 1. The zero-order valence-electron chi connectivity index (χ0n) is 14.5. The molecule has 3 aromatic heterocycles. The molecule has 134 valence electrons. The lowest BCUT2D eigenvalue weighted by atomic mass is 10.2. The molecule has 3 aromatic rings. The first-order valence-electron chi connectivity index (χ1n) is 8.56. The average Bonchev–Trinajstić information content (AvgIpc) is 3.33. The normalized spacial score (nSPS) is 16.6. The molecular formula is C18H20N6O2. The predicted octanol–water partition coefficient (Wildman–Crippen LogP) is 2.15. The zero-order chi connectivity index (χ0) is 17.8. The molecule has 4 rings (SSSR count). The van der Waals surface area contributed by atoms with Crippen molar-refractivity contribution in [1.82, 2.24) is 25.0 Å². The molecule has 1 N–H and O–H groups in total. The highest BCUT2D eigenvalue weighted by Crippen LogP contribution is 2.16. The molecule has 8 nitrogen and oxygen atoms in total. The van der Waals surface area contributed by atoms with Gasteiger partial charge >= 0.3 is 0 Å². The van der Waals surface area contributed by atoms with Crippen molar-refractivity contribution in [3.63, 3.8) is 0 Å². The van der Waals surface area contributed by atoms with Gasteiger partial charge < -0.3 is 14.8 Å². The van der Waals surface area contributed by atoms with Crippen molar-refractivity contribution in [2.24, 2.45) is 0 Å². The minimum Gasteiger partial charge on any atom is -0.472 e. The van der Waals surface area contributed by atoms with Gasteiger partial charge in [-0.3, -0.25) is 0 Å².